The number of fused-ring (bicyclic) bond motifs is 1. The summed E-state index contributed by atoms with van der Waals surface area (Å²) in [5.41, 5.74) is 1.22. The van der Waals surface area contributed by atoms with Gasteiger partial charge in [-0.1, -0.05) is 11.6 Å². The van der Waals surface area contributed by atoms with Gasteiger partial charge in [0.25, 0.3) is 5.56 Å². The second-order valence-electron chi connectivity index (χ2n) is 2.65. The molecule has 0 aromatic carbocycles. The number of nitrogens with zero attached hydrogens (tertiary/aromatic N) is 2. The minimum absolute atomic E-state index is 0.246. The Morgan fingerprint density at radius 3 is 3.08 bits per heavy atom. The van der Waals surface area contributed by atoms with E-state index in [0.29, 0.717) is 21.7 Å². The molecule has 0 aliphatic heterocycles. The number of hydrogen-bond donors (Lipinski definition) is 1. The topological polar surface area (TPSA) is 58.6 Å². The van der Waals surface area contributed by atoms with Crippen molar-refractivity contribution in [3.63, 3.8) is 0 Å². The predicted molar refractivity (Wildman–Crippen MR) is 49.9 cm³/mol. The number of aryl methyl sites for hydroxylation is 1. The Morgan fingerprint density at radius 2 is 2.31 bits per heavy atom. The van der Waals surface area contributed by atoms with Gasteiger partial charge in [-0.2, -0.15) is 0 Å². The number of halogens is 1. The minimum atomic E-state index is -0.246. The molecule has 0 aliphatic rings. The van der Waals surface area contributed by atoms with E-state index in [2.05, 4.69) is 15.0 Å². The summed E-state index contributed by atoms with van der Waals surface area (Å²) in [7, 11) is 0. The van der Waals surface area contributed by atoms with E-state index in [0.717, 1.165) is 0 Å². The maximum atomic E-state index is 11.2. The van der Waals surface area contributed by atoms with Crippen molar-refractivity contribution in [3.05, 3.63) is 33.5 Å². The van der Waals surface area contributed by atoms with E-state index in [1.807, 2.05) is 0 Å². The molecule has 0 amide bonds. The van der Waals surface area contributed by atoms with Crippen LogP contribution in [0.25, 0.3) is 11.0 Å². The molecular weight excluding hydrogens is 190 g/mol. The molecule has 4 nitrogen and oxygen atoms in total. The molecule has 2 aromatic rings. The molecule has 0 aliphatic carbocycles. The van der Waals surface area contributed by atoms with Crippen molar-refractivity contribution in [2.75, 3.05) is 0 Å². The highest BCUT2D eigenvalue weighted by atomic mass is 35.5. The first-order valence-corrected chi connectivity index (χ1v) is 4.07. The molecule has 2 heterocycles. The highest BCUT2D eigenvalue weighted by Gasteiger charge is 2.04. The van der Waals surface area contributed by atoms with E-state index in [-0.39, 0.29) is 5.56 Å². The Kier molecular flexibility index (Phi) is 1.77. The fraction of sp³-hybridized carbons (Fsp3) is 0.125. The summed E-state index contributed by atoms with van der Waals surface area (Å²) in [6, 6.07) is 1.63. The van der Waals surface area contributed by atoms with Gasteiger partial charge in [-0.05, 0) is 13.0 Å². The second kappa shape index (κ2) is 2.81. The van der Waals surface area contributed by atoms with Crippen molar-refractivity contribution in [2.45, 2.75) is 6.92 Å². The summed E-state index contributed by atoms with van der Waals surface area (Å²) in [5.74, 6) is 0. The molecule has 2 aromatic heterocycles. The largest absolute Gasteiger partial charge is 0.311 e. The third-order valence-electron chi connectivity index (χ3n) is 1.75. The first-order valence-electron chi connectivity index (χ1n) is 3.69. The lowest BCUT2D eigenvalue weighted by molar-refractivity contribution is 1.13. The van der Waals surface area contributed by atoms with Gasteiger partial charge in [-0.25, -0.2) is 9.97 Å². The van der Waals surface area contributed by atoms with Crippen LogP contribution < -0.4 is 5.56 Å². The van der Waals surface area contributed by atoms with Crippen LogP contribution >= 0.6 is 11.6 Å². The summed E-state index contributed by atoms with van der Waals surface area (Å²) >= 11 is 5.83. The van der Waals surface area contributed by atoms with E-state index >= 15 is 0 Å². The molecule has 0 unspecified atom stereocenters. The fourth-order valence-electron chi connectivity index (χ4n) is 1.07. The van der Waals surface area contributed by atoms with Gasteiger partial charge in [-0.3, -0.25) is 4.79 Å². The molecule has 5 heteroatoms. The third kappa shape index (κ3) is 1.29. The maximum Gasteiger partial charge on any atom is 0.277 e. The lowest BCUT2D eigenvalue weighted by Crippen LogP contribution is -2.08. The van der Waals surface area contributed by atoms with Crippen molar-refractivity contribution in [1.82, 2.24) is 15.0 Å². The Hall–Kier alpha value is -1.42. The number of hydrogen-bond acceptors (Lipinski definition) is 3. The molecule has 13 heavy (non-hydrogen) atoms. The molecule has 66 valence electrons. The Bertz CT molecular complexity index is 520. The Labute approximate surface area is 78.6 Å². The molecular formula is C8H6ClN3O. The van der Waals surface area contributed by atoms with Gasteiger partial charge in [0.1, 0.15) is 0 Å². The monoisotopic (exact) mass is 195 g/mol. The minimum Gasteiger partial charge on any atom is -0.311 e. The summed E-state index contributed by atoms with van der Waals surface area (Å²) in [6.07, 6.45) is 1.33. The van der Waals surface area contributed by atoms with Gasteiger partial charge in [0, 0.05) is 0 Å². The van der Waals surface area contributed by atoms with Crippen LogP contribution in [-0.2, 0) is 0 Å². The smallest absolute Gasteiger partial charge is 0.277 e. The quantitative estimate of drug-likeness (QED) is 0.689. The van der Waals surface area contributed by atoms with Gasteiger partial charge < -0.3 is 4.98 Å². The number of nitrogens with one attached hydrogen (secondary N) is 1. The van der Waals surface area contributed by atoms with E-state index in [9.17, 15) is 4.79 Å². The van der Waals surface area contributed by atoms with E-state index in [4.69, 9.17) is 11.6 Å². The average molecular weight is 196 g/mol. The van der Waals surface area contributed by atoms with Gasteiger partial charge in [0.2, 0.25) is 0 Å². The van der Waals surface area contributed by atoms with E-state index in [1.54, 1.807) is 13.0 Å². The van der Waals surface area contributed by atoms with Crippen LogP contribution in [0.15, 0.2) is 17.2 Å². The molecule has 0 bridgehead atoms. The number of rotatable bonds is 0. The number of aromatic nitrogens is 3. The Balaban J connectivity index is 2.97. The molecule has 1 N–H and O–H groups in total. The first-order chi connectivity index (χ1) is 6.18. The zero-order valence-electron chi connectivity index (χ0n) is 6.84. The summed E-state index contributed by atoms with van der Waals surface area (Å²) in [4.78, 5) is 21.7. The molecule has 0 atom stereocenters. The van der Waals surface area contributed by atoms with Crippen LogP contribution in [-0.4, -0.2) is 15.0 Å². The van der Waals surface area contributed by atoms with Crippen molar-refractivity contribution in [1.29, 1.82) is 0 Å². The zero-order chi connectivity index (χ0) is 9.42. The number of pyridine rings is 1. The standard InChI is InChI=1S/C8H6ClN3O/c1-4-5(9)2-6-7(12-4)8(13)11-3-10-6/h2-3H,1H3,(H,10,11,13). The number of H-pyrrole nitrogens is 1. The highest BCUT2D eigenvalue weighted by molar-refractivity contribution is 6.31. The van der Waals surface area contributed by atoms with Crippen LogP contribution in [0.1, 0.15) is 5.69 Å². The molecule has 0 radical (unpaired) electrons. The van der Waals surface area contributed by atoms with Crippen LogP contribution in [0.4, 0.5) is 0 Å². The second-order valence-corrected chi connectivity index (χ2v) is 3.06. The summed E-state index contributed by atoms with van der Waals surface area (Å²) in [6.45, 7) is 1.74. The van der Waals surface area contributed by atoms with Gasteiger partial charge in [-0.15, -0.1) is 0 Å². The van der Waals surface area contributed by atoms with Crippen molar-refractivity contribution in [2.24, 2.45) is 0 Å². The van der Waals surface area contributed by atoms with E-state index < -0.39 is 0 Å². The van der Waals surface area contributed by atoms with Crippen LogP contribution in [0.3, 0.4) is 0 Å². The molecule has 0 spiro atoms. The lowest BCUT2D eigenvalue weighted by Gasteiger charge is -1.98. The van der Waals surface area contributed by atoms with Gasteiger partial charge >= 0.3 is 0 Å². The normalized spacial score (nSPS) is 10.6. The lowest BCUT2D eigenvalue weighted by atomic mass is 10.3. The third-order valence-corrected chi connectivity index (χ3v) is 2.13. The zero-order valence-corrected chi connectivity index (χ0v) is 7.59. The predicted octanol–water partition coefficient (Wildman–Crippen LogP) is 1.28. The van der Waals surface area contributed by atoms with Crippen LogP contribution in [0.2, 0.25) is 5.02 Å². The van der Waals surface area contributed by atoms with Crippen LogP contribution in [0.5, 0.6) is 0 Å². The first kappa shape index (κ1) is 8.19. The molecule has 0 saturated heterocycles. The van der Waals surface area contributed by atoms with Crippen molar-refractivity contribution < 1.29 is 0 Å². The Morgan fingerprint density at radius 1 is 1.54 bits per heavy atom. The SMILES string of the molecule is Cc1nc2c(=O)[nH]cnc2cc1Cl. The molecule has 2 rings (SSSR count). The van der Waals surface area contributed by atoms with Crippen molar-refractivity contribution >= 4 is 22.6 Å². The van der Waals surface area contributed by atoms with Crippen LogP contribution in [0, 0.1) is 6.92 Å². The highest BCUT2D eigenvalue weighted by Crippen LogP contribution is 2.15. The number of aromatic amines is 1. The molecule has 0 fully saturated rings. The summed E-state index contributed by atoms with van der Waals surface area (Å²) in [5, 5.41) is 0.519. The van der Waals surface area contributed by atoms with Gasteiger partial charge in [0.15, 0.2) is 5.52 Å². The average Bonchev–Trinajstić information content (AvgIpc) is 2.09. The van der Waals surface area contributed by atoms with E-state index in [1.165, 1.54) is 6.33 Å². The fourth-order valence-corrected chi connectivity index (χ4v) is 1.21. The summed E-state index contributed by atoms with van der Waals surface area (Å²) < 4.78 is 0. The molecule has 0 saturated carbocycles. The maximum absolute atomic E-state index is 11.2. The van der Waals surface area contributed by atoms with Gasteiger partial charge in [0.05, 0.1) is 22.6 Å². The van der Waals surface area contributed by atoms with Crippen molar-refractivity contribution in [3.8, 4) is 0 Å².